The molecule has 1 aliphatic heterocycles. The maximum absolute atomic E-state index is 12.7. The van der Waals surface area contributed by atoms with Crippen LogP contribution in [0.2, 0.25) is 0 Å². The van der Waals surface area contributed by atoms with Crippen molar-refractivity contribution in [1.82, 2.24) is 14.8 Å². The van der Waals surface area contributed by atoms with Gasteiger partial charge in [-0.2, -0.15) is 5.10 Å². The molecule has 7 nitrogen and oxygen atoms in total. The summed E-state index contributed by atoms with van der Waals surface area (Å²) in [6.07, 6.45) is 2.16. The number of hydrogen-bond donors (Lipinski definition) is 0. The summed E-state index contributed by atoms with van der Waals surface area (Å²) >= 11 is 0. The van der Waals surface area contributed by atoms with E-state index in [-0.39, 0.29) is 12.0 Å². The zero-order chi connectivity index (χ0) is 22.8. The monoisotopic (exact) mass is 436 g/mol. The lowest BCUT2D eigenvalue weighted by atomic mass is 10.0. The Morgan fingerprint density at radius 1 is 1.22 bits per heavy atom. The molecule has 0 saturated carbocycles. The highest BCUT2D eigenvalue weighted by molar-refractivity contribution is 5.99. The van der Waals surface area contributed by atoms with Crippen molar-refractivity contribution >= 4 is 22.7 Å². The van der Waals surface area contributed by atoms with Crippen LogP contribution in [0, 0.1) is 6.92 Å². The van der Waals surface area contributed by atoms with E-state index in [1.54, 1.807) is 14.0 Å². The van der Waals surface area contributed by atoms with Gasteiger partial charge in [-0.25, -0.2) is 14.5 Å². The normalized spacial score (nSPS) is 15.0. The van der Waals surface area contributed by atoms with E-state index in [2.05, 4.69) is 37.8 Å². The lowest BCUT2D eigenvalue weighted by molar-refractivity contribution is 0.0519. The van der Waals surface area contributed by atoms with E-state index in [1.165, 1.54) is 0 Å². The van der Waals surface area contributed by atoms with Gasteiger partial charge in [-0.3, -0.25) is 0 Å². The fourth-order valence-electron chi connectivity index (χ4n) is 4.36. The number of carbonyl (C=O) groups excluding carboxylic acids is 1. The SMILES string of the molecule is CCOC(=O)c1cc(N2CCC(OC)CC2)c2c(C(C)C)nn(-c3cccc(C)c3)c2n1. The zero-order valence-electron chi connectivity index (χ0n) is 19.6. The Bertz CT molecular complexity index is 1110. The summed E-state index contributed by atoms with van der Waals surface area (Å²) in [5.74, 6) is -0.209. The fraction of sp³-hybridized carbons (Fsp3) is 0.480. The number of nitrogens with zero attached hydrogens (tertiary/aromatic N) is 4. The molecule has 170 valence electrons. The van der Waals surface area contributed by atoms with Crippen LogP contribution in [0.4, 0.5) is 5.69 Å². The summed E-state index contributed by atoms with van der Waals surface area (Å²) in [6.45, 7) is 10.2. The Hall–Kier alpha value is -2.93. The molecule has 1 aliphatic rings. The minimum atomic E-state index is -0.412. The van der Waals surface area contributed by atoms with E-state index < -0.39 is 5.97 Å². The number of benzene rings is 1. The van der Waals surface area contributed by atoms with E-state index in [4.69, 9.17) is 19.6 Å². The molecular weight excluding hydrogens is 404 g/mol. The van der Waals surface area contributed by atoms with Crippen molar-refractivity contribution in [2.24, 2.45) is 0 Å². The van der Waals surface area contributed by atoms with Crippen LogP contribution in [-0.4, -0.2) is 53.6 Å². The van der Waals surface area contributed by atoms with Crippen molar-refractivity contribution in [2.45, 2.75) is 52.6 Å². The molecule has 3 aromatic rings. The third-order valence-electron chi connectivity index (χ3n) is 6.04. The minimum Gasteiger partial charge on any atom is -0.461 e. The molecule has 1 saturated heterocycles. The summed E-state index contributed by atoms with van der Waals surface area (Å²) in [7, 11) is 1.77. The van der Waals surface area contributed by atoms with Crippen molar-refractivity contribution in [3.05, 3.63) is 47.3 Å². The summed E-state index contributed by atoms with van der Waals surface area (Å²) in [5.41, 5.74) is 5.05. The highest BCUT2D eigenvalue weighted by Crippen LogP contribution is 2.36. The smallest absolute Gasteiger partial charge is 0.357 e. The number of methoxy groups -OCH3 is 1. The number of rotatable bonds is 6. The molecule has 0 amide bonds. The maximum Gasteiger partial charge on any atom is 0.357 e. The first-order valence-electron chi connectivity index (χ1n) is 11.4. The first-order valence-corrected chi connectivity index (χ1v) is 11.4. The van der Waals surface area contributed by atoms with Crippen LogP contribution < -0.4 is 4.90 Å². The molecule has 2 aromatic heterocycles. The van der Waals surface area contributed by atoms with Gasteiger partial charge in [0.15, 0.2) is 11.3 Å². The molecule has 0 N–H and O–H groups in total. The second-order valence-corrected chi connectivity index (χ2v) is 8.66. The average molecular weight is 437 g/mol. The number of carbonyl (C=O) groups is 1. The highest BCUT2D eigenvalue weighted by Gasteiger charge is 2.27. The van der Waals surface area contributed by atoms with Gasteiger partial charge in [0.1, 0.15) is 0 Å². The highest BCUT2D eigenvalue weighted by atomic mass is 16.5. The van der Waals surface area contributed by atoms with Gasteiger partial charge in [0, 0.05) is 20.2 Å². The largest absolute Gasteiger partial charge is 0.461 e. The molecule has 0 aliphatic carbocycles. The molecular formula is C25H32N4O3. The van der Waals surface area contributed by atoms with Crippen LogP contribution in [0.25, 0.3) is 16.7 Å². The summed E-state index contributed by atoms with van der Waals surface area (Å²) in [5, 5.41) is 5.99. The van der Waals surface area contributed by atoms with Crippen LogP contribution in [0.1, 0.15) is 61.3 Å². The van der Waals surface area contributed by atoms with E-state index in [9.17, 15) is 4.79 Å². The van der Waals surface area contributed by atoms with Crippen LogP contribution in [-0.2, 0) is 9.47 Å². The number of aromatic nitrogens is 3. The number of anilines is 1. The lowest BCUT2D eigenvalue weighted by Crippen LogP contribution is -2.37. The molecule has 0 unspecified atom stereocenters. The van der Waals surface area contributed by atoms with Gasteiger partial charge in [-0.1, -0.05) is 26.0 Å². The van der Waals surface area contributed by atoms with Gasteiger partial charge in [0.2, 0.25) is 0 Å². The van der Waals surface area contributed by atoms with Gasteiger partial charge in [0.25, 0.3) is 0 Å². The Kier molecular flexibility index (Phi) is 6.46. The van der Waals surface area contributed by atoms with Crippen molar-refractivity contribution in [2.75, 3.05) is 31.7 Å². The molecule has 32 heavy (non-hydrogen) atoms. The minimum absolute atomic E-state index is 0.203. The quantitative estimate of drug-likeness (QED) is 0.524. The second kappa shape index (κ2) is 9.28. The zero-order valence-corrected chi connectivity index (χ0v) is 19.6. The van der Waals surface area contributed by atoms with Gasteiger partial charge in [-0.05, 0) is 56.4 Å². The molecule has 0 radical (unpaired) electrons. The number of aryl methyl sites for hydroxylation is 1. The predicted octanol–water partition coefficient (Wildman–Crippen LogP) is 4.64. The van der Waals surface area contributed by atoms with Crippen LogP contribution in [0.3, 0.4) is 0 Å². The van der Waals surface area contributed by atoms with Crippen molar-refractivity contribution in [3.63, 3.8) is 0 Å². The molecule has 0 spiro atoms. The van der Waals surface area contributed by atoms with E-state index in [0.717, 1.165) is 53.9 Å². The van der Waals surface area contributed by atoms with Crippen molar-refractivity contribution in [3.8, 4) is 5.69 Å². The Labute approximate surface area is 189 Å². The van der Waals surface area contributed by atoms with Crippen LogP contribution in [0.5, 0.6) is 0 Å². The molecule has 0 bridgehead atoms. The number of hydrogen-bond acceptors (Lipinski definition) is 6. The number of esters is 1. The lowest BCUT2D eigenvalue weighted by Gasteiger charge is -2.33. The van der Waals surface area contributed by atoms with E-state index >= 15 is 0 Å². The molecule has 4 rings (SSSR count). The van der Waals surface area contributed by atoms with Gasteiger partial charge in [-0.15, -0.1) is 0 Å². The number of piperidine rings is 1. The Morgan fingerprint density at radius 2 is 1.97 bits per heavy atom. The Balaban J connectivity index is 1.95. The maximum atomic E-state index is 12.7. The first-order chi connectivity index (χ1) is 15.4. The topological polar surface area (TPSA) is 69.5 Å². The van der Waals surface area contributed by atoms with Gasteiger partial charge >= 0.3 is 5.97 Å². The number of ether oxygens (including phenoxy) is 2. The molecule has 3 heterocycles. The van der Waals surface area contributed by atoms with Gasteiger partial charge < -0.3 is 14.4 Å². The van der Waals surface area contributed by atoms with Crippen molar-refractivity contribution < 1.29 is 14.3 Å². The summed E-state index contributed by atoms with van der Waals surface area (Å²) in [6, 6.07) is 10.0. The predicted molar refractivity (Wildman–Crippen MR) is 126 cm³/mol. The molecule has 1 fully saturated rings. The molecule has 1 aromatic carbocycles. The number of pyridine rings is 1. The second-order valence-electron chi connectivity index (χ2n) is 8.66. The number of fused-ring (bicyclic) bond motifs is 1. The van der Waals surface area contributed by atoms with Crippen LogP contribution >= 0.6 is 0 Å². The van der Waals surface area contributed by atoms with Crippen LogP contribution in [0.15, 0.2) is 30.3 Å². The van der Waals surface area contributed by atoms with E-state index in [1.807, 2.05) is 22.9 Å². The summed E-state index contributed by atoms with van der Waals surface area (Å²) in [4.78, 5) is 19.8. The molecule has 0 atom stereocenters. The third kappa shape index (κ3) is 4.21. The van der Waals surface area contributed by atoms with Gasteiger partial charge in [0.05, 0.1) is 35.2 Å². The van der Waals surface area contributed by atoms with Crippen molar-refractivity contribution in [1.29, 1.82) is 0 Å². The van der Waals surface area contributed by atoms with E-state index in [0.29, 0.717) is 17.9 Å². The standard InChI is InChI=1S/C25H32N4O3/c1-6-32-25(30)20-15-21(28-12-10-19(31-5)11-13-28)22-23(16(2)3)27-29(24(22)26-20)18-9-7-8-17(4)14-18/h7-9,14-16,19H,6,10-13H2,1-5H3. The summed E-state index contributed by atoms with van der Waals surface area (Å²) < 4.78 is 12.7. The Morgan fingerprint density at radius 3 is 2.59 bits per heavy atom. The third-order valence-corrected chi connectivity index (χ3v) is 6.04. The first kappa shape index (κ1) is 22.3. The molecule has 7 heteroatoms. The fourth-order valence-corrected chi connectivity index (χ4v) is 4.36. The average Bonchev–Trinajstić information content (AvgIpc) is 3.19.